The summed E-state index contributed by atoms with van der Waals surface area (Å²) in [4.78, 5) is 13.8. The van der Waals surface area contributed by atoms with Gasteiger partial charge in [0.15, 0.2) is 0 Å². The fourth-order valence-corrected chi connectivity index (χ4v) is 2.98. The molecule has 4 nitrogen and oxygen atoms in total. The first-order valence-corrected chi connectivity index (χ1v) is 6.77. The van der Waals surface area contributed by atoms with Gasteiger partial charge in [-0.2, -0.15) is 0 Å². The molecule has 5 heteroatoms. The van der Waals surface area contributed by atoms with E-state index < -0.39 is 0 Å². The summed E-state index contributed by atoms with van der Waals surface area (Å²) >= 11 is 1.22. The highest BCUT2D eigenvalue weighted by molar-refractivity contribution is 7.07. The van der Waals surface area contributed by atoms with Gasteiger partial charge in [0.2, 0.25) is 0 Å². The Balaban J connectivity index is 1.86. The van der Waals surface area contributed by atoms with Crippen LogP contribution in [0.4, 0.5) is 0 Å². The molecular weight excluding hydrogens is 222 g/mol. The van der Waals surface area contributed by atoms with Crippen molar-refractivity contribution in [2.75, 3.05) is 6.54 Å². The molecule has 1 aliphatic rings. The number of rotatable bonds is 4. The summed E-state index contributed by atoms with van der Waals surface area (Å²) in [5.74, 6) is 0.596. The van der Waals surface area contributed by atoms with Crippen molar-refractivity contribution >= 4 is 11.3 Å². The lowest BCUT2D eigenvalue weighted by atomic mass is 9.84. The first-order chi connectivity index (χ1) is 7.79. The van der Waals surface area contributed by atoms with Crippen LogP contribution in [0.5, 0.6) is 0 Å². The average Bonchev–Trinajstić information content (AvgIpc) is 2.73. The summed E-state index contributed by atoms with van der Waals surface area (Å²) in [6.07, 6.45) is 5.02. The number of hydrogen-bond donors (Lipinski definition) is 3. The van der Waals surface area contributed by atoms with Crippen LogP contribution in [0, 0.1) is 5.92 Å². The third-order valence-corrected chi connectivity index (χ3v) is 4.06. The normalized spacial score (nSPS) is 25.8. The maximum absolute atomic E-state index is 11.0. The molecule has 1 aromatic heterocycles. The Kier molecular flexibility index (Phi) is 4.15. The second-order valence-corrected chi connectivity index (χ2v) is 5.28. The minimum atomic E-state index is 0.0239. The predicted molar refractivity (Wildman–Crippen MR) is 66.6 cm³/mol. The number of hydrogen-bond acceptors (Lipinski definition) is 4. The van der Waals surface area contributed by atoms with Gasteiger partial charge in [-0.3, -0.25) is 4.79 Å². The monoisotopic (exact) mass is 241 g/mol. The van der Waals surface area contributed by atoms with Gasteiger partial charge in [0, 0.05) is 23.7 Å². The van der Waals surface area contributed by atoms with Crippen molar-refractivity contribution in [3.05, 3.63) is 20.7 Å². The fraction of sp³-hybridized carbons (Fsp3) is 0.727. The van der Waals surface area contributed by atoms with Gasteiger partial charge in [0.05, 0.1) is 0 Å². The van der Waals surface area contributed by atoms with Crippen molar-refractivity contribution in [3.63, 3.8) is 0 Å². The van der Waals surface area contributed by atoms with Crippen LogP contribution in [0.25, 0.3) is 0 Å². The maximum Gasteiger partial charge on any atom is 0.304 e. The molecule has 0 bridgehead atoms. The van der Waals surface area contributed by atoms with Crippen molar-refractivity contribution in [2.45, 2.75) is 38.3 Å². The number of aromatic nitrogens is 1. The lowest BCUT2D eigenvalue weighted by molar-refractivity contribution is 0.266. The number of nitrogens with two attached hydrogens (primary N) is 1. The van der Waals surface area contributed by atoms with E-state index in [1.807, 2.05) is 5.38 Å². The lowest BCUT2D eigenvalue weighted by Gasteiger charge is -2.31. The van der Waals surface area contributed by atoms with Crippen LogP contribution in [-0.2, 0) is 6.54 Å². The van der Waals surface area contributed by atoms with E-state index in [4.69, 9.17) is 5.73 Å². The van der Waals surface area contributed by atoms with Crippen molar-refractivity contribution in [2.24, 2.45) is 11.7 Å². The zero-order valence-electron chi connectivity index (χ0n) is 9.37. The summed E-state index contributed by atoms with van der Waals surface area (Å²) in [6, 6.07) is 0.516. The molecule has 0 saturated heterocycles. The van der Waals surface area contributed by atoms with Gasteiger partial charge in [0.1, 0.15) is 0 Å². The first-order valence-electron chi connectivity index (χ1n) is 5.89. The number of thiazole rings is 1. The molecule has 2 unspecified atom stereocenters. The Hall–Kier alpha value is -0.650. The molecule has 90 valence electrons. The molecule has 16 heavy (non-hydrogen) atoms. The van der Waals surface area contributed by atoms with E-state index in [0.717, 1.165) is 18.8 Å². The van der Waals surface area contributed by atoms with E-state index in [1.165, 1.54) is 37.0 Å². The van der Waals surface area contributed by atoms with E-state index in [2.05, 4.69) is 10.3 Å². The van der Waals surface area contributed by atoms with Gasteiger partial charge >= 0.3 is 4.87 Å². The van der Waals surface area contributed by atoms with Crippen molar-refractivity contribution in [1.82, 2.24) is 10.3 Å². The Morgan fingerprint density at radius 3 is 3.00 bits per heavy atom. The van der Waals surface area contributed by atoms with Crippen LogP contribution in [-0.4, -0.2) is 17.6 Å². The summed E-state index contributed by atoms with van der Waals surface area (Å²) in [6.45, 7) is 1.51. The molecule has 1 saturated carbocycles. The molecule has 0 spiro atoms. The Labute approximate surface area is 99.3 Å². The van der Waals surface area contributed by atoms with Crippen molar-refractivity contribution < 1.29 is 0 Å². The van der Waals surface area contributed by atoms with Crippen LogP contribution in [0.1, 0.15) is 31.4 Å². The van der Waals surface area contributed by atoms with Crippen molar-refractivity contribution in [3.8, 4) is 0 Å². The molecule has 2 atom stereocenters. The van der Waals surface area contributed by atoms with Crippen LogP contribution in [0.15, 0.2) is 10.2 Å². The van der Waals surface area contributed by atoms with E-state index in [-0.39, 0.29) is 4.87 Å². The summed E-state index contributed by atoms with van der Waals surface area (Å²) in [7, 11) is 0. The van der Waals surface area contributed by atoms with Crippen LogP contribution < -0.4 is 15.9 Å². The molecule has 0 amide bonds. The second kappa shape index (κ2) is 5.61. The third-order valence-electron chi connectivity index (χ3n) is 3.34. The maximum atomic E-state index is 11.0. The zero-order valence-corrected chi connectivity index (χ0v) is 10.2. The molecule has 1 fully saturated rings. The fourth-order valence-electron chi connectivity index (χ4n) is 2.40. The summed E-state index contributed by atoms with van der Waals surface area (Å²) in [5.41, 5.74) is 6.75. The Morgan fingerprint density at radius 2 is 2.31 bits per heavy atom. The van der Waals surface area contributed by atoms with Gasteiger partial charge in [-0.05, 0) is 25.3 Å². The zero-order chi connectivity index (χ0) is 11.4. The average molecular weight is 241 g/mol. The lowest BCUT2D eigenvalue weighted by Crippen LogP contribution is -2.41. The van der Waals surface area contributed by atoms with Gasteiger partial charge < -0.3 is 16.0 Å². The van der Waals surface area contributed by atoms with Crippen molar-refractivity contribution in [1.29, 1.82) is 0 Å². The number of H-pyrrole nitrogens is 1. The number of nitrogens with one attached hydrogen (secondary N) is 2. The highest BCUT2D eigenvalue weighted by Gasteiger charge is 2.23. The van der Waals surface area contributed by atoms with Gasteiger partial charge in [-0.15, -0.1) is 0 Å². The topological polar surface area (TPSA) is 70.9 Å². The molecule has 0 aliphatic heterocycles. The molecule has 2 rings (SSSR count). The molecule has 0 radical (unpaired) electrons. The van der Waals surface area contributed by atoms with Crippen LogP contribution in [0.2, 0.25) is 0 Å². The second-order valence-electron chi connectivity index (χ2n) is 4.44. The van der Waals surface area contributed by atoms with E-state index >= 15 is 0 Å². The first kappa shape index (κ1) is 11.8. The van der Waals surface area contributed by atoms with Gasteiger partial charge in [-0.1, -0.05) is 24.2 Å². The van der Waals surface area contributed by atoms with Crippen LogP contribution >= 0.6 is 11.3 Å². The molecule has 0 aromatic carbocycles. The number of aromatic amines is 1. The molecular formula is C11H19N3OS. The smallest absolute Gasteiger partial charge is 0.304 e. The predicted octanol–water partition coefficient (Wildman–Crippen LogP) is 1.04. The van der Waals surface area contributed by atoms with Gasteiger partial charge in [-0.25, -0.2) is 0 Å². The minimum Gasteiger partial charge on any atom is -0.330 e. The van der Waals surface area contributed by atoms with E-state index in [1.54, 1.807) is 0 Å². The third kappa shape index (κ3) is 2.93. The van der Waals surface area contributed by atoms with E-state index in [0.29, 0.717) is 12.0 Å². The molecule has 1 heterocycles. The Morgan fingerprint density at radius 1 is 1.50 bits per heavy atom. The summed E-state index contributed by atoms with van der Waals surface area (Å²) < 4.78 is 0. The van der Waals surface area contributed by atoms with Crippen LogP contribution in [0.3, 0.4) is 0 Å². The van der Waals surface area contributed by atoms with E-state index in [9.17, 15) is 4.79 Å². The largest absolute Gasteiger partial charge is 0.330 e. The molecule has 4 N–H and O–H groups in total. The summed E-state index contributed by atoms with van der Waals surface area (Å²) in [5, 5.41) is 5.39. The molecule has 1 aromatic rings. The highest BCUT2D eigenvalue weighted by Crippen LogP contribution is 2.23. The Bertz CT molecular complexity index is 373. The highest BCUT2D eigenvalue weighted by atomic mass is 32.1. The SMILES string of the molecule is NCC1CCCCC1NCc1csc(=O)[nH]1. The standard InChI is InChI=1S/C11H19N3OS/c12-5-8-3-1-2-4-10(8)13-6-9-7-16-11(15)14-9/h7-8,10,13H,1-6,12H2,(H,14,15). The quantitative estimate of drug-likeness (QED) is 0.737. The minimum absolute atomic E-state index is 0.0239. The molecule has 1 aliphatic carbocycles. The van der Waals surface area contributed by atoms with Gasteiger partial charge in [0.25, 0.3) is 0 Å².